The Kier molecular flexibility index (Phi) is 1.99. The summed E-state index contributed by atoms with van der Waals surface area (Å²) in [7, 11) is 0. The third-order valence-electron chi connectivity index (χ3n) is 1.55. The summed E-state index contributed by atoms with van der Waals surface area (Å²) in [6.45, 7) is 0. The summed E-state index contributed by atoms with van der Waals surface area (Å²) in [5.74, 6) is -4.30. The van der Waals surface area contributed by atoms with Crippen molar-refractivity contribution in [1.82, 2.24) is 0 Å². The predicted octanol–water partition coefficient (Wildman–Crippen LogP) is -0.913. The van der Waals surface area contributed by atoms with Crippen molar-refractivity contribution in [1.29, 1.82) is 0 Å². The molecule has 6 nitrogen and oxygen atoms in total. The number of cyclic esters (lactones) is 1. The fourth-order valence-electron chi connectivity index (χ4n) is 0.947. The number of carboxylic acid groups (broad SMARTS) is 2. The van der Waals surface area contributed by atoms with Crippen LogP contribution in [0.15, 0.2) is 0 Å². The van der Waals surface area contributed by atoms with Crippen LogP contribution in [0.4, 0.5) is 0 Å². The van der Waals surface area contributed by atoms with Gasteiger partial charge in [-0.05, 0) is 0 Å². The molecule has 1 heterocycles. The third-order valence-corrected chi connectivity index (χ3v) is 1.55. The zero-order chi connectivity index (χ0) is 9.30. The smallest absolute Gasteiger partial charge is 0.345 e. The van der Waals surface area contributed by atoms with E-state index in [-0.39, 0.29) is 0 Å². The van der Waals surface area contributed by atoms with Gasteiger partial charge in [-0.15, -0.1) is 0 Å². The van der Waals surface area contributed by atoms with Gasteiger partial charge in [0.15, 0.2) is 0 Å². The summed E-state index contributed by atoms with van der Waals surface area (Å²) in [5, 5.41) is 16.6. The fourth-order valence-corrected chi connectivity index (χ4v) is 0.947. The summed E-state index contributed by atoms with van der Waals surface area (Å²) in [4.78, 5) is 30.9. The number of carboxylic acids is 2. The monoisotopic (exact) mass is 174 g/mol. The first-order valence-electron chi connectivity index (χ1n) is 3.17. The van der Waals surface area contributed by atoms with Crippen LogP contribution in [0.2, 0.25) is 0 Å². The van der Waals surface area contributed by atoms with E-state index in [2.05, 4.69) is 4.74 Å². The van der Waals surface area contributed by atoms with Crippen molar-refractivity contribution >= 4 is 17.9 Å². The summed E-state index contributed by atoms with van der Waals surface area (Å²) in [6, 6.07) is 0. The molecule has 0 saturated carbocycles. The molecule has 0 amide bonds. The van der Waals surface area contributed by atoms with Gasteiger partial charge in [-0.3, -0.25) is 9.59 Å². The van der Waals surface area contributed by atoms with Gasteiger partial charge in [0, 0.05) is 0 Å². The number of hydrogen-bond donors (Lipinski definition) is 2. The van der Waals surface area contributed by atoms with Gasteiger partial charge in [0.2, 0.25) is 6.10 Å². The number of esters is 1. The lowest BCUT2D eigenvalue weighted by molar-refractivity contribution is -0.197. The highest BCUT2D eigenvalue weighted by molar-refractivity contribution is 5.92. The largest absolute Gasteiger partial charge is 0.481 e. The predicted molar refractivity (Wildman–Crippen MR) is 33.3 cm³/mol. The summed E-state index contributed by atoms with van der Waals surface area (Å²) in [6.07, 6.45) is -1.77. The lowest BCUT2D eigenvalue weighted by Crippen LogP contribution is -2.50. The molecule has 0 bridgehead atoms. The van der Waals surface area contributed by atoms with Gasteiger partial charge in [-0.2, -0.15) is 0 Å². The first-order chi connectivity index (χ1) is 5.52. The topological polar surface area (TPSA) is 101 Å². The molecule has 1 aliphatic rings. The average Bonchev–Trinajstić information content (AvgIpc) is 1.95. The first-order valence-corrected chi connectivity index (χ1v) is 3.17. The van der Waals surface area contributed by atoms with Crippen molar-refractivity contribution in [2.75, 3.05) is 0 Å². The van der Waals surface area contributed by atoms with Crippen LogP contribution in [0.1, 0.15) is 6.42 Å². The maximum atomic E-state index is 10.5. The highest BCUT2D eigenvalue weighted by Crippen LogP contribution is 2.25. The SMILES string of the molecule is O=C(O)C[C@H]1C(=O)O[C@@H]1C(=O)O. The highest BCUT2D eigenvalue weighted by Gasteiger charge is 2.48. The molecule has 66 valence electrons. The van der Waals surface area contributed by atoms with E-state index in [0.717, 1.165) is 0 Å². The molecule has 1 rings (SSSR count). The Labute approximate surface area is 66.7 Å². The van der Waals surface area contributed by atoms with E-state index in [0.29, 0.717) is 0 Å². The Balaban J connectivity index is 2.56. The van der Waals surface area contributed by atoms with Crippen LogP contribution in [0.25, 0.3) is 0 Å². The standard InChI is InChI=1S/C6H6O6/c7-3(8)1-2-4(5(9)10)12-6(2)11/h2,4H,1H2,(H,7,8)(H,9,10)/t2-,4+/m1/s1. The van der Waals surface area contributed by atoms with Crippen molar-refractivity contribution in [2.24, 2.45) is 5.92 Å². The zero-order valence-electron chi connectivity index (χ0n) is 5.89. The van der Waals surface area contributed by atoms with Crippen LogP contribution in [0.3, 0.4) is 0 Å². The van der Waals surface area contributed by atoms with Gasteiger partial charge >= 0.3 is 17.9 Å². The minimum absolute atomic E-state index is 0.490. The van der Waals surface area contributed by atoms with Crippen LogP contribution in [-0.4, -0.2) is 34.2 Å². The number of rotatable bonds is 3. The molecule has 0 aromatic rings. The van der Waals surface area contributed by atoms with Crippen LogP contribution < -0.4 is 0 Å². The Hall–Kier alpha value is -1.59. The normalized spacial score (nSPS) is 27.2. The minimum Gasteiger partial charge on any atom is -0.481 e. The second-order valence-corrected chi connectivity index (χ2v) is 2.40. The molecule has 2 atom stereocenters. The van der Waals surface area contributed by atoms with Gasteiger partial charge in [-0.25, -0.2) is 4.79 Å². The molecule has 0 aromatic heterocycles. The van der Waals surface area contributed by atoms with Gasteiger partial charge in [0.25, 0.3) is 0 Å². The second kappa shape index (κ2) is 2.80. The lowest BCUT2D eigenvalue weighted by atomic mass is 9.93. The molecule has 12 heavy (non-hydrogen) atoms. The molecule has 6 heteroatoms. The minimum atomic E-state index is -1.30. The number of aliphatic carboxylic acids is 2. The number of ether oxygens (including phenoxy) is 1. The van der Waals surface area contributed by atoms with Crippen molar-refractivity contribution < 1.29 is 29.3 Å². The van der Waals surface area contributed by atoms with Crippen LogP contribution in [0, 0.1) is 5.92 Å². The van der Waals surface area contributed by atoms with Crippen LogP contribution >= 0.6 is 0 Å². The molecular weight excluding hydrogens is 168 g/mol. The number of carbonyl (C=O) groups is 3. The van der Waals surface area contributed by atoms with E-state index in [9.17, 15) is 14.4 Å². The fraction of sp³-hybridized carbons (Fsp3) is 0.500. The van der Waals surface area contributed by atoms with E-state index < -0.39 is 36.4 Å². The molecule has 1 fully saturated rings. The third kappa shape index (κ3) is 1.36. The molecule has 0 radical (unpaired) electrons. The summed E-state index contributed by atoms with van der Waals surface area (Å²) in [5.41, 5.74) is 0. The Morgan fingerprint density at radius 1 is 1.42 bits per heavy atom. The van der Waals surface area contributed by atoms with E-state index >= 15 is 0 Å². The molecule has 0 spiro atoms. The molecular formula is C6H6O6. The molecule has 1 aliphatic heterocycles. The van der Waals surface area contributed by atoms with E-state index in [1.807, 2.05) is 0 Å². The van der Waals surface area contributed by atoms with E-state index in [1.54, 1.807) is 0 Å². The van der Waals surface area contributed by atoms with E-state index in [1.165, 1.54) is 0 Å². The van der Waals surface area contributed by atoms with Crippen molar-refractivity contribution in [3.05, 3.63) is 0 Å². The zero-order valence-corrected chi connectivity index (χ0v) is 5.89. The highest BCUT2D eigenvalue weighted by atomic mass is 16.6. The van der Waals surface area contributed by atoms with E-state index in [4.69, 9.17) is 10.2 Å². The van der Waals surface area contributed by atoms with Crippen molar-refractivity contribution in [2.45, 2.75) is 12.5 Å². The maximum absolute atomic E-state index is 10.5. The lowest BCUT2D eigenvalue weighted by Gasteiger charge is -2.30. The number of hydrogen-bond acceptors (Lipinski definition) is 4. The van der Waals surface area contributed by atoms with Gasteiger partial charge in [-0.1, -0.05) is 0 Å². The Morgan fingerprint density at radius 2 is 2.00 bits per heavy atom. The molecule has 0 aliphatic carbocycles. The van der Waals surface area contributed by atoms with Gasteiger partial charge < -0.3 is 14.9 Å². The quantitative estimate of drug-likeness (QED) is 0.537. The summed E-state index contributed by atoms with van der Waals surface area (Å²) >= 11 is 0. The number of carbonyl (C=O) groups excluding carboxylic acids is 1. The average molecular weight is 174 g/mol. The van der Waals surface area contributed by atoms with Crippen LogP contribution in [0.5, 0.6) is 0 Å². The molecule has 2 N–H and O–H groups in total. The molecule has 1 saturated heterocycles. The van der Waals surface area contributed by atoms with Gasteiger partial charge in [0.05, 0.1) is 6.42 Å². The first kappa shape index (κ1) is 8.51. The van der Waals surface area contributed by atoms with Gasteiger partial charge in [0.1, 0.15) is 5.92 Å². The maximum Gasteiger partial charge on any atom is 0.345 e. The van der Waals surface area contributed by atoms with Crippen molar-refractivity contribution in [3.8, 4) is 0 Å². The Morgan fingerprint density at radius 3 is 2.33 bits per heavy atom. The second-order valence-electron chi connectivity index (χ2n) is 2.40. The Bertz CT molecular complexity index is 244. The van der Waals surface area contributed by atoms with Crippen molar-refractivity contribution in [3.63, 3.8) is 0 Å². The molecule has 0 unspecified atom stereocenters. The summed E-state index contributed by atoms with van der Waals surface area (Å²) < 4.78 is 4.21. The molecule has 0 aromatic carbocycles. The van der Waals surface area contributed by atoms with Crippen LogP contribution in [-0.2, 0) is 19.1 Å².